The lowest BCUT2D eigenvalue weighted by Gasteiger charge is -2.11. The van der Waals surface area contributed by atoms with Crippen LogP contribution in [0.5, 0.6) is 0 Å². The van der Waals surface area contributed by atoms with Gasteiger partial charge in [-0.25, -0.2) is 4.79 Å². The first-order valence-electron chi connectivity index (χ1n) is 5.95. The van der Waals surface area contributed by atoms with E-state index in [9.17, 15) is 4.79 Å². The van der Waals surface area contributed by atoms with E-state index in [4.69, 9.17) is 9.26 Å². The fourth-order valence-electron chi connectivity index (χ4n) is 1.36. The summed E-state index contributed by atoms with van der Waals surface area (Å²) in [6.45, 7) is 7.68. The number of rotatable bonds is 3. The molecule has 2 aromatic rings. The van der Waals surface area contributed by atoms with Crippen LogP contribution in [0.1, 0.15) is 55.9 Å². The van der Waals surface area contributed by atoms with Crippen molar-refractivity contribution in [1.82, 2.24) is 10.1 Å². The Kier molecular flexibility index (Phi) is 3.71. The maximum absolute atomic E-state index is 11.8. The van der Waals surface area contributed by atoms with Gasteiger partial charge in [-0.1, -0.05) is 25.9 Å². The molecular weight excluding hydrogens is 264 g/mol. The minimum Gasteiger partial charge on any atom is -0.449 e. The average Bonchev–Trinajstić information content (AvgIpc) is 3.00. The van der Waals surface area contributed by atoms with Crippen LogP contribution in [0.15, 0.2) is 21.3 Å². The first-order valence-corrected chi connectivity index (χ1v) is 6.89. The van der Waals surface area contributed by atoms with Gasteiger partial charge < -0.3 is 9.26 Å². The molecule has 5 nitrogen and oxygen atoms in total. The summed E-state index contributed by atoms with van der Waals surface area (Å²) in [5.41, 5.74) is 0.339. The maximum atomic E-state index is 11.8. The van der Waals surface area contributed by atoms with Crippen LogP contribution in [0.2, 0.25) is 0 Å². The average molecular weight is 280 g/mol. The van der Waals surface area contributed by atoms with Crippen molar-refractivity contribution >= 4 is 17.3 Å². The first kappa shape index (κ1) is 13.7. The third kappa shape index (κ3) is 3.20. The topological polar surface area (TPSA) is 65.2 Å². The highest BCUT2D eigenvalue weighted by molar-refractivity contribution is 7.08. The van der Waals surface area contributed by atoms with E-state index in [1.54, 1.807) is 18.4 Å². The molecule has 0 aliphatic carbocycles. The number of hydrogen-bond acceptors (Lipinski definition) is 6. The third-order valence-electron chi connectivity index (χ3n) is 2.50. The molecule has 0 N–H and O–H groups in total. The zero-order valence-electron chi connectivity index (χ0n) is 11.3. The maximum Gasteiger partial charge on any atom is 0.339 e. The van der Waals surface area contributed by atoms with Crippen molar-refractivity contribution in [2.24, 2.45) is 0 Å². The van der Waals surface area contributed by atoms with Crippen molar-refractivity contribution in [3.63, 3.8) is 0 Å². The van der Waals surface area contributed by atoms with Crippen molar-refractivity contribution in [3.05, 3.63) is 34.1 Å². The van der Waals surface area contributed by atoms with Crippen molar-refractivity contribution in [2.45, 2.75) is 39.2 Å². The second-order valence-electron chi connectivity index (χ2n) is 5.27. The van der Waals surface area contributed by atoms with Gasteiger partial charge in [0.25, 0.3) is 5.89 Å². The molecule has 0 aliphatic heterocycles. The predicted octanol–water partition coefficient (Wildman–Crippen LogP) is 3.35. The molecule has 0 saturated carbocycles. The third-order valence-corrected chi connectivity index (χ3v) is 3.18. The highest BCUT2D eigenvalue weighted by Gasteiger charge is 2.25. The number of carbonyl (C=O) groups is 1. The summed E-state index contributed by atoms with van der Waals surface area (Å²) in [4.78, 5) is 16.1. The molecule has 102 valence electrons. The molecule has 0 bridgehead atoms. The number of aromatic nitrogens is 2. The molecule has 6 heteroatoms. The van der Waals surface area contributed by atoms with Crippen LogP contribution in [0.3, 0.4) is 0 Å². The van der Waals surface area contributed by atoms with Crippen LogP contribution in [-0.4, -0.2) is 16.1 Å². The zero-order valence-corrected chi connectivity index (χ0v) is 12.2. The van der Waals surface area contributed by atoms with Crippen molar-refractivity contribution in [2.75, 3.05) is 0 Å². The molecule has 0 aliphatic rings. The molecule has 0 aromatic carbocycles. The molecule has 0 spiro atoms. The summed E-state index contributed by atoms with van der Waals surface area (Å²) in [5, 5.41) is 7.47. The summed E-state index contributed by atoms with van der Waals surface area (Å²) >= 11 is 1.45. The van der Waals surface area contributed by atoms with Crippen molar-refractivity contribution < 1.29 is 14.1 Å². The van der Waals surface area contributed by atoms with Crippen LogP contribution < -0.4 is 0 Å². The van der Waals surface area contributed by atoms with E-state index in [1.165, 1.54) is 11.3 Å². The highest BCUT2D eigenvalue weighted by Crippen LogP contribution is 2.23. The Morgan fingerprint density at radius 1 is 1.47 bits per heavy atom. The number of nitrogens with zero attached hydrogens (tertiary/aromatic N) is 2. The predicted molar refractivity (Wildman–Crippen MR) is 71.1 cm³/mol. The Bertz CT molecular complexity index is 555. The van der Waals surface area contributed by atoms with Crippen molar-refractivity contribution in [1.29, 1.82) is 0 Å². The van der Waals surface area contributed by atoms with E-state index in [0.717, 1.165) is 0 Å². The van der Waals surface area contributed by atoms with Gasteiger partial charge in [0, 0.05) is 10.8 Å². The summed E-state index contributed by atoms with van der Waals surface area (Å²) in [5.74, 6) is 0.527. The van der Waals surface area contributed by atoms with E-state index in [0.29, 0.717) is 17.3 Å². The number of esters is 1. The van der Waals surface area contributed by atoms with E-state index >= 15 is 0 Å². The molecule has 2 aromatic heterocycles. The molecule has 1 unspecified atom stereocenters. The Labute approximate surface area is 115 Å². The lowest BCUT2D eigenvalue weighted by molar-refractivity contribution is 0.0266. The second kappa shape index (κ2) is 5.13. The van der Waals surface area contributed by atoms with E-state index < -0.39 is 6.10 Å². The van der Waals surface area contributed by atoms with Gasteiger partial charge in [0.05, 0.1) is 5.56 Å². The molecule has 2 rings (SSSR count). The van der Waals surface area contributed by atoms with Crippen molar-refractivity contribution in [3.8, 4) is 0 Å². The van der Waals surface area contributed by atoms with Crippen LogP contribution in [-0.2, 0) is 10.2 Å². The number of ether oxygens (including phenoxy) is 1. The normalized spacial score (nSPS) is 13.3. The molecule has 2 heterocycles. The highest BCUT2D eigenvalue weighted by atomic mass is 32.1. The first-order chi connectivity index (χ1) is 8.88. The molecule has 0 amide bonds. The zero-order chi connectivity index (χ0) is 14.0. The largest absolute Gasteiger partial charge is 0.449 e. The molecule has 0 saturated heterocycles. The minimum absolute atomic E-state index is 0.196. The standard InChI is InChI=1S/C13H16N2O3S/c1-8(17-11(16)9-5-6-19-7-9)10-14-12(15-18-10)13(2,3)4/h5-8H,1-4H3. The molecular formula is C13H16N2O3S. The van der Waals surface area contributed by atoms with Gasteiger partial charge in [-0.15, -0.1) is 0 Å². The molecule has 19 heavy (non-hydrogen) atoms. The van der Waals surface area contributed by atoms with E-state index in [2.05, 4.69) is 10.1 Å². The Hall–Kier alpha value is -1.69. The quantitative estimate of drug-likeness (QED) is 0.807. The summed E-state index contributed by atoms with van der Waals surface area (Å²) < 4.78 is 10.4. The fraction of sp³-hybridized carbons (Fsp3) is 0.462. The van der Waals surface area contributed by atoms with Crippen LogP contribution in [0, 0.1) is 0 Å². The lowest BCUT2D eigenvalue weighted by Crippen LogP contribution is -2.14. The number of carbonyl (C=O) groups excluding carboxylic acids is 1. The van der Waals surface area contributed by atoms with Gasteiger partial charge in [0.2, 0.25) is 0 Å². The Morgan fingerprint density at radius 2 is 2.21 bits per heavy atom. The van der Waals surface area contributed by atoms with Gasteiger partial charge >= 0.3 is 5.97 Å². The fourth-order valence-corrected chi connectivity index (χ4v) is 1.99. The van der Waals surface area contributed by atoms with Crippen LogP contribution >= 0.6 is 11.3 Å². The van der Waals surface area contributed by atoms with Gasteiger partial charge in [-0.3, -0.25) is 0 Å². The SMILES string of the molecule is CC(OC(=O)c1ccsc1)c1nc(C(C)(C)C)no1. The molecule has 0 fully saturated rings. The van der Waals surface area contributed by atoms with Gasteiger partial charge in [-0.05, 0) is 18.4 Å². The van der Waals surface area contributed by atoms with Crippen LogP contribution in [0.4, 0.5) is 0 Å². The second-order valence-corrected chi connectivity index (χ2v) is 6.05. The minimum atomic E-state index is -0.559. The van der Waals surface area contributed by atoms with Crippen LogP contribution in [0.25, 0.3) is 0 Å². The summed E-state index contributed by atoms with van der Waals surface area (Å²) in [7, 11) is 0. The number of hydrogen-bond donors (Lipinski definition) is 0. The lowest BCUT2D eigenvalue weighted by atomic mass is 9.96. The van der Waals surface area contributed by atoms with E-state index in [1.807, 2.05) is 26.2 Å². The Morgan fingerprint density at radius 3 is 2.74 bits per heavy atom. The van der Waals surface area contributed by atoms with Gasteiger partial charge in [-0.2, -0.15) is 16.3 Å². The smallest absolute Gasteiger partial charge is 0.339 e. The summed E-state index contributed by atoms with van der Waals surface area (Å²) in [6.07, 6.45) is -0.559. The molecule has 1 atom stereocenters. The van der Waals surface area contributed by atoms with E-state index in [-0.39, 0.29) is 11.4 Å². The van der Waals surface area contributed by atoms with Gasteiger partial charge in [0.1, 0.15) is 0 Å². The monoisotopic (exact) mass is 280 g/mol. The molecule has 0 radical (unpaired) electrons. The Balaban J connectivity index is 2.06. The number of thiophene rings is 1. The van der Waals surface area contributed by atoms with Gasteiger partial charge in [0.15, 0.2) is 11.9 Å². The summed E-state index contributed by atoms with van der Waals surface area (Å²) in [6, 6.07) is 1.72.